The van der Waals surface area contributed by atoms with Gasteiger partial charge in [0.15, 0.2) is 17.7 Å². The number of nitrogens with zero attached hydrogens (tertiary/aromatic N) is 3. The lowest BCUT2D eigenvalue weighted by Gasteiger charge is -2.29. The van der Waals surface area contributed by atoms with Gasteiger partial charge in [0.1, 0.15) is 5.75 Å². The fraction of sp³-hybridized carbons (Fsp3) is 0.412. The fourth-order valence-corrected chi connectivity index (χ4v) is 2.26. The van der Waals surface area contributed by atoms with E-state index in [1.54, 1.807) is 24.3 Å². The van der Waals surface area contributed by atoms with Crippen LogP contribution in [0.5, 0.6) is 5.75 Å². The number of hydrogen-bond donors (Lipinski definition) is 0. The Morgan fingerprint density at radius 2 is 2.00 bits per heavy atom. The van der Waals surface area contributed by atoms with Crippen LogP contribution in [0.25, 0.3) is 0 Å². The molecule has 0 saturated heterocycles. The summed E-state index contributed by atoms with van der Waals surface area (Å²) in [5, 5.41) is 0. The number of ether oxygens (including phenoxy) is 1. The zero-order valence-electron chi connectivity index (χ0n) is 14.2. The first-order valence-electron chi connectivity index (χ1n) is 7.67. The van der Waals surface area contributed by atoms with E-state index in [0.717, 1.165) is 17.8 Å². The molecule has 0 aliphatic rings. The Morgan fingerprint density at radius 3 is 2.54 bits per heavy atom. The third-order valence-corrected chi connectivity index (χ3v) is 3.71. The van der Waals surface area contributed by atoms with Crippen molar-refractivity contribution in [3.05, 3.63) is 48.1 Å². The minimum atomic E-state index is -1.01. The van der Waals surface area contributed by atoms with E-state index in [2.05, 4.69) is 4.98 Å². The Labute approximate surface area is 139 Å². The molecule has 1 unspecified atom stereocenters. The monoisotopic (exact) mass is 337 g/mol. The summed E-state index contributed by atoms with van der Waals surface area (Å²) in [7, 11) is 1.85. The van der Waals surface area contributed by atoms with Gasteiger partial charge in [0.25, 0.3) is 5.91 Å². The predicted octanol–water partition coefficient (Wildman–Crippen LogP) is 2.90. The molecule has 0 N–H and O–H groups in total. The predicted molar refractivity (Wildman–Crippen MR) is 85.3 cm³/mol. The van der Waals surface area contributed by atoms with Gasteiger partial charge < -0.3 is 14.2 Å². The van der Waals surface area contributed by atoms with E-state index < -0.39 is 17.7 Å². The molecular weight excluding hydrogens is 316 g/mol. The van der Waals surface area contributed by atoms with Crippen molar-refractivity contribution in [2.24, 2.45) is 7.05 Å². The number of imidazole rings is 1. The maximum Gasteiger partial charge on any atom is 0.263 e. The Hall–Kier alpha value is -2.44. The Morgan fingerprint density at radius 1 is 1.29 bits per heavy atom. The summed E-state index contributed by atoms with van der Waals surface area (Å²) in [4.78, 5) is 18.4. The van der Waals surface area contributed by atoms with Gasteiger partial charge in [-0.15, -0.1) is 0 Å². The van der Waals surface area contributed by atoms with Crippen LogP contribution in [-0.4, -0.2) is 32.5 Å². The summed E-state index contributed by atoms with van der Waals surface area (Å²) >= 11 is 0. The number of benzene rings is 1. The van der Waals surface area contributed by atoms with Crippen LogP contribution in [0.15, 0.2) is 30.7 Å². The number of amides is 1. The SMILES string of the molecule is CC(Oc1ccc(F)c(F)c1)C(=O)N(Cc1cncn1C)C(C)C. The summed E-state index contributed by atoms with van der Waals surface area (Å²) in [6.07, 6.45) is 2.54. The number of hydrogen-bond acceptors (Lipinski definition) is 3. The molecule has 5 nitrogen and oxygen atoms in total. The summed E-state index contributed by atoms with van der Waals surface area (Å²) in [6, 6.07) is 3.14. The summed E-state index contributed by atoms with van der Waals surface area (Å²) in [5.74, 6) is -2.10. The molecular formula is C17H21F2N3O2. The Kier molecular flexibility index (Phi) is 5.54. The zero-order valence-corrected chi connectivity index (χ0v) is 14.2. The minimum absolute atomic E-state index is 0.0524. The molecule has 0 saturated carbocycles. The molecule has 2 aromatic rings. The largest absolute Gasteiger partial charge is 0.481 e. The van der Waals surface area contributed by atoms with Crippen LogP contribution in [0, 0.1) is 11.6 Å². The lowest BCUT2D eigenvalue weighted by molar-refractivity contribution is -0.140. The summed E-state index contributed by atoms with van der Waals surface area (Å²) in [5.41, 5.74) is 0.886. The summed E-state index contributed by atoms with van der Waals surface area (Å²) < 4.78 is 33.5. The molecule has 1 amide bonds. The molecule has 0 spiro atoms. The van der Waals surface area contributed by atoms with Crippen molar-refractivity contribution in [3.63, 3.8) is 0 Å². The highest BCUT2D eigenvalue weighted by molar-refractivity contribution is 5.81. The smallest absolute Gasteiger partial charge is 0.263 e. The van der Waals surface area contributed by atoms with Gasteiger partial charge >= 0.3 is 0 Å². The summed E-state index contributed by atoms with van der Waals surface area (Å²) in [6.45, 7) is 5.78. The molecule has 24 heavy (non-hydrogen) atoms. The van der Waals surface area contributed by atoms with Gasteiger partial charge in [-0.05, 0) is 32.9 Å². The van der Waals surface area contributed by atoms with E-state index in [4.69, 9.17) is 4.74 Å². The van der Waals surface area contributed by atoms with E-state index in [0.29, 0.717) is 6.54 Å². The normalized spacial score (nSPS) is 12.3. The molecule has 0 fully saturated rings. The number of carbonyl (C=O) groups excluding carboxylic acids is 1. The first kappa shape index (κ1) is 17.9. The van der Waals surface area contributed by atoms with Crippen LogP contribution in [0.1, 0.15) is 26.5 Å². The maximum atomic E-state index is 13.3. The van der Waals surface area contributed by atoms with Crippen molar-refractivity contribution in [3.8, 4) is 5.75 Å². The van der Waals surface area contributed by atoms with Crippen molar-refractivity contribution >= 4 is 5.91 Å². The third-order valence-electron chi connectivity index (χ3n) is 3.71. The second kappa shape index (κ2) is 7.42. The molecule has 0 radical (unpaired) electrons. The molecule has 1 aromatic heterocycles. The van der Waals surface area contributed by atoms with Crippen molar-refractivity contribution in [1.29, 1.82) is 0 Å². The number of carbonyl (C=O) groups is 1. The zero-order chi connectivity index (χ0) is 17.9. The highest BCUT2D eigenvalue weighted by Crippen LogP contribution is 2.18. The van der Waals surface area contributed by atoms with E-state index in [1.807, 2.05) is 25.5 Å². The van der Waals surface area contributed by atoms with E-state index >= 15 is 0 Å². The maximum absolute atomic E-state index is 13.3. The van der Waals surface area contributed by atoms with Crippen molar-refractivity contribution < 1.29 is 18.3 Å². The lowest BCUT2D eigenvalue weighted by atomic mass is 10.2. The van der Waals surface area contributed by atoms with Gasteiger partial charge in [0.2, 0.25) is 0 Å². The van der Waals surface area contributed by atoms with Crippen LogP contribution in [-0.2, 0) is 18.4 Å². The average Bonchev–Trinajstić information content (AvgIpc) is 2.92. The number of halogens is 2. The van der Waals surface area contributed by atoms with E-state index in [-0.39, 0.29) is 17.7 Å². The van der Waals surface area contributed by atoms with Gasteiger partial charge in [-0.1, -0.05) is 0 Å². The molecule has 0 bridgehead atoms. The first-order chi connectivity index (χ1) is 11.3. The third kappa shape index (κ3) is 4.10. The Balaban J connectivity index is 2.10. The van der Waals surface area contributed by atoms with Crippen LogP contribution in [0.3, 0.4) is 0 Å². The molecule has 7 heteroatoms. The topological polar surface area (TPSA) is 47.4 Å². The van der Waals surface area contributed by atoms with Gasteiger partial charge in [0.05, 0.1) is 18.6 Å². The van der Waals surface area contributed by atoms with Crippen LogP contribution in [0.4, 0.5) is 8.78 Å². The molecule has 1 atom stereocenters. The number of aromatic nitrogens is 2. The fourth-order valence-electron chi connectivity index (χ4n) is 2.26. The molecule has 1 aromatic carbocycles. The molecule has 1 heterocycles. The molecule has 2 rings (SSSR count). The highest BCUT2D eigenvalue weighted by Gasteiger charge is 2.25. The van der Waals surface area contributed by atoms with Crippen molar-refractivity contribution in [2.45, 2.75) is 39.5 Å². The van der Waals surface area contributed by atoms with Gasteiger partial charge in [-0.2, -0.15) is 0 Å². The van der Waals surface area contributed by atoms with Crippen LogP contribution in [0.2, 0.25) is 0 Å². The van der Waals surface area contributed by atoms with Crippen LogP contribution < -0.4 is 4.74 Å². The minimum Gasteiger partial charge on any atom is -0.481 e. The Bertz CT molecular complexity index is 716. The highest BCUT2D eigenvalue weighted by atomic mass is 19.2. The first-order valence-corrected chi connectivity index (χ1v) is 7.67. The number of rotatable bonds is 6. The van der Waals surface area contributed by atoms with Crippen molar-refractivity contribution in [2.75, 3.05) is 0 Å². The lowest BCUT2D eigenvalue weighted by Crippen LogP contribution is -2.44. The average molecular weight is 337 g/mol. The standard InChI is InChI=1S/C17H21F2N3O2/c1-11(2)22(9-13-8-20-10-21(13)4)17(23)12(3)24-14-5-6-15(18)16(19)7-14/h5-8,10-12H,9H2,1-4H3. The number of aryl methyl sites for hydroxylation is 1. The van der Waals surface area contributed by atoms with Crippen molar-refractivity contribution in [1.82, 2.24) is 14.5 Å². The second-order valence-corrected chi connectivity index (χ2v) is 5.89. The quantitative estimate of drug-likeness (QED) is 0.814. The van der Waals surface area contributed by atoms with Crippen LogP contribution >= 0.6 is 0 Å². The molecule has 0 aliphatic carbocycles. The van der Waals surface area contributed by atoms with E-state index in [1.165, 1.54) is 6.07 Å². The van der Waals surface area contributed by atoms with Gasteiger partial charge in [-0.3, -0.25) is 4.79 Å². The molecule has 130 valence electrons. The van der Waals surface area contributed by atoms with Gasteiger partial charge in [0, 0.05) is 25.4 Å². The van der Waals surface area contributed by atoms with Gasteiger partial charge in [-0.25, -0.2) is 13.8 Å². The second-order valence-electron chi connectivity index (χ2n) is 5.89. The molecule has 0 aliphatic heterocycles. The van der Waals surface area contributed by atoms with E-state index in [9.17, 15) is 13.6 Å².